The molecule has 5 heteroatoms. The molecule has 1 aromatic rings. The number of ether oxygens (including phenoxy) is 1. The Balaban J connectivity index is 2.78. The molecule has 0 aliphatic heterocycles. The number of nitriles is 1. The van der Waals surface area contributed by atoms with Crippen molar-refractivity contribution in [1.82, 2.24) is 0 Å². The summed E-state index contributed by atoms with van der Waals surface area (Å²) in [5.74, 6) is 0.0591. The van der Waals surface area contributed by atoms with E-state index in [1.54, 1.807) is 13.0 Å². The first-order valence-corrected chi connectivity index (χ1v) is 4.12. The molecule has 0 saturated carbocycles. The maximum absolute atomic E-state index is 11.8. The van der Waals surface area contributed by atoms with Gasteiger partial charge in [0.25, 0.3) is 0 Å². The van der Waals surface area contributed by atoms with Crippen LogP contribution in [0.3, 0.4) is 0 Å². The normalized spacial score (nSPS) is 10.9. The van der Waals surface area contributed by atoms with Gasteiger partial charge in [-0.1, -0.05) is 0 Å². The number of hydrogen-bond acceptors (Lipinski definition) is 2. The minimum Gasteiger partial charge on any atom is -0.484 e. The van der Waals surface area contributed by atoms with E-state index in [1.807, 2.05) is 6.07 Å². The molecule has 80 valence electrons. The van der Waals surface area contributed by atoms with Crippen LogP contribution < -0.4 is 4.74 Å². The van der Waals surface area contributed by atoms with Gasteiger partial charge in [-0.05, 0) is 30.7 Å². The smallest absolute Gasteiger partial charge is 0.422 e. The summed E-state index contributed by atoms with van der Waals surface area (Å²) >= 11 is 0. The van der Waals surface area contributed by atoms with Gasteiger partial charge in [-0.3, -0.25) is 0 Å². The van der Waals surface area contributed by atoms with Gasteiger partial charge in [0.1, 0.15) is 5.75 Å². The summed E-state index contributed by atoms with van der Waals surface area (Å²) in [6, 6.07) is 6.14. The van der Waals surface area contributed by atoms with E-state index in [4.69, 9.17) is 5.26 Å². The van der Waals surface area contributed by atoms with Gasteiger partial charge in [0, 0.05) is 0 Å². The predicted molar refractivity (Wildman–Crippen MR) is 47.4 cm³/mol. The average Bonchev–Trinajstić information content (AvgIpc) is 2.13. The van der Waals surface area contributed by atoms with Crippen molar-refractivity contribution in [2.45, 2.75) is 13.1 Å². The minimum atomic E-state index is -4.36. The molecule has 0 N–H and O–H groups in total. The van der Waals surface area contributed by atoms with Gasteiger partial charge in [0.05, 0.1) is 11.6 Å². The zero-order chi connectivity index (χ0) is 11.5. The topological polar surface area (TPSA) is 33.0 Å². The van der Waals surface area contributed by atoms with Crippen molar-refractivity contribution >= 4 is 0 Å². The average molecular weight is 215 g/mol. The molecule has 0 spiro atoms. The first kappa shape index (κ1) is 11.4. The molecular formula is C10H8F3NO. The summed E-state index contributed by atoms with van der Waals surface area (Å²) in [7, 11) is 0. The Morgan fingerprint density at radius 3 is 2.53 bits per heavy atom. The number of hydrogen-bond donors (Lipinski definition) is 0. The molecule has 0 atom stereocenters. The van der Waals surface area contributed by atoms with Crippen LogP contribution in [-0.2, 0) is 0 Å². The Morgan fingerprint density at radius 2 is 2.00 bits per heavy atom. The lowest BCUT2D eigenvalue weighted by Crippen LogP contribution is -2.19. The van der Waals surface area contributed by atoms with Gasteiger partial charge in [0.15, 0.2) is 6.61 Å². The fraction of sp³-hybridized carbons (Fsp3) is 0.300. The number of halogens is 3. The lowest BCUT2D eigenvalue weighted by molar-refractivity contribution is -0.153. The van der Waals surface area contributed by atoms with Gasteiger partial charge in [0.2, 0.25) is 0 Å². The summed E-state index contributed by atoms with van der Waals surface area (Å²) < 4.78 is 40.0. The summed E-state index contributed by atoms with van der Waals surface area (Å²) in [6.45, 7) is 0.336. The van der Waals surface area contributed by atoms with Crippen LogP contribution in [-0.4, -0.2) is 12.8 Å². The van der Waals surface area contributed by atoms with Gasteiger partial charge in [-0.2, -0.15) is 18.4 Å². The second kappa shape index (κ2) is 4.22. The Hall–Kier alpha value is -1.70. The van der Waals surface area contributed by atoms with E-state index >= 15 is 0 Å². The Labute approximate surface area is 84.9 Å². The lowest BCUT2D eigenvalue weighted by Gasteiger charge is -2.09. The van der Waals surface area contributed by atoms with Crippen LogP contribution in [0.1, 0.15) is 11.1 Å². The molecule has 2 nitrogen and oxygen atoms in total. The summed E-state index contributed by atoms with van der Waals surface area (Å²) in [5.41, 5.74) is 0.971. The van der Waals surface area contributed by atoms with Gasteiger partial charge < -0.3 is 4.74 Å². The molecular weight excluding hydrogens is 207 g/mol. The zero-order valence-electron chi connectivity index (χ0n) is 7.93. The largest absolute Gasteiger partial charge is 0.484 e. The van der Waals surface area contributed by atoms with E-state index < -0.39 is 12.8 Å². The highest BCUT2D eigenvalue weighted by molar-refractivity contribution is 5.40. The number of alkyl halides is 3. The fourth-order valence-electron chi connectivity index (χ4n) is 1.06. The zero-order valence-corrected chi connectivity index (χ0v) is 7.93. The van der Waals surface area contributed by atoms with E-state index in [0.717, 1.165) is 0 Å². The molecule has 0 radical (unpaired) electrons. The third-order valence-electron chi connectivity index (χ3n) is 1.58. The van der Waals surface area contributed by atoms with Crippen LogP contribution in [0.5, 0.6) is 5.75 Å². The quantitative estimate of drug-likeness (QED) is 0.759. The van der Waals surface area contributed by atoms with E-state index in [0.29, 0.717) is 5.56 Å². The first-order chi connectivity index (χ1) is 6.90. The predicted octanol–water partition coefficient (Wildman–Crippen LogP) is 2.81. The molecule has 0 bridgehead atoms. The highest BCUT2D eigenvalue weighted by Crippen LogP contribution is 2.20. The van der Waals surface area contributed by atoms with Crippen LogP contribution in [0.4, 0.5) is 13.2 Å². The van der Waals surface area contributed by atoms with Crippen molar-refractivity contribution in [1.29, 1.82) is 5.26 Å². The van der Waals surface area contributed by atoms with Crippen LogP contribution in [0, 0.1) is 18.3 Å². The third kappa shape index (κ3) is 3.90. The Kier molecular flexibility index (Phi) is 3.20. The van der Waals surface area contributed by atoms with Gasteiger partial charge in [-0.15, -0.1) is 0 Å². The molecule has 0 heterocycles. The monoisotopic (exact) mass is 215 g/mol. The number of nitrogens with zero attached hydrogens (tertiary/aromatic N) is 1. The van der Waals surface area contributed by atoms with Crippen LogP contribution >= 0.6 is 0 Å². The van der Waals surface area contributed by atoms with Crippen LogP contribution in [0.25, 0.3) is 0 Å². The highest BCUT2D eigenvalue weighted by Gasteiger charge is 2.28. The van der Waals surface area contributed by atoms with Crippen LogP contribution in [0.2, 0.25) is 0 Å². The third-order valence-corrected chi connectivity index (χ3v) is 1.58. The highest BCUT2D eigenvalue weighted by atomic mass is 19.4. The summed E-state index contributed by atoms with van der Waals surface area (Å²) in [5, 5.41) is 8.59. The van der Waals surface area contributed by atoms with E-state index in [2.05, 4.69) is 4.74 Å². The molecule has 1 aromatic carbocycles. The lowest BCUT2D eigenvalue weighted by atomic mass is 10.1. The molecule has 0 aliphatic rings. The molecule has 0 saturated heterocycles. The molecule has 1 rings (SSSR count). The second-order valence-electron chi connectivity index (χ2n) is 3.05. The SMILES string of the molecule is Cc1cc(C#N)cc(OCC(F)(F)F)c1. The van der Waals surface area contributed by atoms with Crippen molar-refractivity contribution in [3.05, 3.63) is 29.3 Å². The Morgan fingerprint density at radius 1 is 1.33 bits per heavy atom. The number of aryl methyl sites for hydroxylation is 1. The summed E-state index contributed by atoms with van der Waals surface area (Å²) in [4.78, 5) is 0. The van der Waals surface area contributed by atoms with Crippen molar-refractivity contribution in [3.63, 3.8) is 0 Å². The van der Waals surface area contributed by atoms with E-state index in [9.17, 15) is 13.2 Å². The molecule has 0 aliphatic carbocycles. The fourth-order valence-corrected chi connectivity index (χ4v) is 1.06. The van der Waals surface area contributed by atoms with Crippen molar-refractivity contribution < 1.29 is 17.9 Å². The van der Waals surface area contributed by atoms with Crippen molar-refractivity contribution in [3.8, 4) is 11.8 Å². The van der Waals surface area contributed by atoms with Gasteiger partial charge in [-0.25, -0.2) is 0 Å². The maximum Gasteiger partial charge on any atom is 0.422 e. The first-order valence-electron chi connectivity index (χ1n) is 4.12. The minimum absolute atomic E-state index is 0.0591. The number of benzene rings is 1. The van der Waals surface area contributed by atoms with Crippen molar-refractivity contribution in [2.75, 3.05) is 6.61 Å². The van der Waals surface area contributed by atoms with Crippen molar-refractivity contribution in [2.24, 2.45) is 0 Å². The summed E-state index contributed by atoms with van der Waals surface area (Å²) in [6.07, 6.45) is -4.36. The molecule has 0 amide bonds. The second-order valence-corrected chi connectivity index (χ2v) is 3.05. The Bertz CT molecular complexity index is 393. The molecule has 15 heavy (non-hydrogen) atoms. The van der Waals surface area contributed by atoms with E-state index in [1.165, 1.54) is 12.1 Å². The molecule has 0 aromatic heterocycles. The number of rotatable bonds is 2. The molecule has 0 unspecified atom stereocenters. The molecule has 0 fully saturated rings. The van der Waals surface area contributed by atoms with Gasteiger partial charge >= 0.3 is 6.18 Å². The van der Waals surface area contributed by atoms with E-state index in [-0.39, 0.29) is 11.3 Å². The standard InChI is InChI=1S/C10H8F3NO/c1-7-2-8(5-14)4-9(3-7)15-6-10(11,12)13/h2-4H,6H2,1H3. The van der Waals surface area contributed by atoms with Crippen LogP contribution in [0.15, 0.2) is 18.2 Å². The maximum atomic E-state index is 11.8.